The number of carbonyl (C=O) groups excluding carboxylic acids is 1. The molecule has 2 heterocycles. The first-order chi connectivity index (χ1) is 10.8. The van der Waals surface area contributed by atoms with E-state index in [4.69, 9.17) is 21.2 Å². The molecule has 0 bridgehead atoms. The molecule has 1 amide bonds. The smallest absolute Gasteiger partial charge is 0.294 e. The van der Waals surface area contributed by atoms with Crippen molar-refractivity contribution in [1.82, 2.24) is 5.32 Å². The number of furan rings is 1. The van der Waals surface area contributed by atoms with Crippen LogP contribution in [0, 0.1) is 0 Å². The number of nitrogens with one attached hydrogen (secondary N) is 1. The highest BCUT2D eigenvalue weighted by atomic mass is 32.2. The molecule has 118 valence electrons. The molecule has 0 spiro atoms. The van der Waals surface area contributed by atoms with Crippen molar-refractivity contribution in [2.45, 2.75) is 4.90 Å². The summed E-state index contributed by atoms with van der Waals surface area (Å²) in [5.41, 5.74) is 0.640. The van der Waals surface area contributed by atoms with Gasteiger partial charge in [-0.3, -0.25) is 9.35 Å². The standard InChI is InChI=1S/C14H9NO5S3/c16-13-12(22-14(21)15-13)7-9-3-6-11(20-9)8-1-4-10(5-2-8)23(17,18)19/h1-7H,(H,15,16,21)(H,17,18,19). The number of thiocarbonyl (C=S) groups is 1. The summed E-state index contributed by atoms with van der Waals surface area (Å²) in [6.45, 7) is 0. The zero-order chi connectivity index (χ0) is 16.6. The fourth-order valence-electron chi connectivity index (χ4n) is 1.93. The van der Waals surface area contributed by atoms with E-state index in [9.17, 15) is 13.2 Å². The van der Waals surface area contributed by atoms with Gasteiger partial charge in [0.25, 0.3) is 16.0 Å². The Morgan fingerprint density at radius 2 is 1.87 bits per heavy atom. The topological polar surface area (TPSA) is 96.6 Å². The second kappa shape index (κ2) is 5.93. The van der Waals surface area contributed by atoms with E-state index >= 15 is 0 Å². The summed E-state index contributed by atoms with van der Waals surface area (Å²) < 4.78 is 37.0. The van der Waals surface area contributed by atoms with E-state index in [1.807, 2.05) is 0 Å². The number of thioether (sulfide) groups is 1. The highest BCUT2D eigenvalue weighted by Gasteiger charge is 2.22. The molecular formula is C14H9NO5S3. The summed E-state index contributed by atoms with van der Waals surface area (Å²) in [5, 5.41) is 2.51. The number of carbonyl (C=O) groups is 1. The summed E-state index contributed by atoms with van der Waals surface area (Å²) in [7, 11) is -4.22. The highest BCUT2D eigenvalue weighted by Crippen LogP contribution is 2.29. The van der Waals surface area contributed by atoms with Crippen LogP contribution in [0.2, 0.25) is 0 Å². The van der Waals surface area contributed by atoms with E-state index in [1.165, 1.54) is 24.3 Å². The third-order valence-electron chi connectivity index (χ3n) is 2.98. The second-order valence-corrected chi connectivity index (χ2v) is 7.69. The minimum absolute atomic E-state index is 0.192. The predicted octanol–water partition coefficient (Wildman–Crippen LogP) is 2.68. The zero-order valence-corrected chi connectivity index (χ0v) is 13.8. The molecule has 0 saturated carbocycles. The third kappa shape index (κ3) is 3.53. The van der Waals surface area contributed by atoms with Gasteiger partial charge in [0.15, 0.2) is 0 Å². The molecule has 1 aliphatic heterocycles. The first-order valence-electron chi connectivity index (χ1n) is 6.25. The molecule has 1 saturated heterocycles. The molecule has 9 heteroatoms. The van der Waals surface area contributed by atoms with Gasteiger partial charge in [-0.15, -0.1) is 0 Å². The number of hydrogen-bond acceptors (Lipinski definition) is 6. The molecule has 0 atom stereocenters. The van der Waals surface area contributed by atoms with Crippen LogP contribution in [0.25, 0.3) is 17.4 Å². The van der Waals surface area contributed by atoms with Crippen molar-refractivity contribution in [2.24, 2.45) is 0 Å². The monoisotopic (exact) mass is 367 g/mol. The van der Waals surface area contributed by atoms with Gasteiger partial charge in [-0.1, -0.05) is 24.0 Å². The van der Waals surface area contributed by atoms with Gasteiger partial charge in [-0.25, -0.2) is 0 Å². The SMILES string of the molecule is O=C1NC(=S)SC1=Cc1ccc(-c2ccc(S(=O)(=O)O)cc2)o1. The Hall–Kier alpha value is -1.94. The number of hydrogen-bond donors (Lipinski definition) is 2. The molecule has 0 aliphatic carbocycles. The van der Waals surface area contributed by atoms with Crippen LogP contribution in [-0.2, 0) is 14.9 Å². The lowest BCUT2D eigenvalue weighted by Gasteiger charge is -1.99. The summed E-state index contributed by atoms with van der Waals surface area (Å²) in [6.07, 6.45) is 1.58. The maximum absolute atomic E-state index is 11.6. The highest BCUT2D eigenvalue weighted by molar-refractivity contribution is 8.26. The van der Waals surface area contributed by atoms with Gasteiger partial charge in [-0.2, -0.15) is 8.42 Å². The van der Waals surface area contributed by atoms with E-state index < -0.39 is 10.1 Å². The van der Waals surface area contributed by atoms with Crippen molar-refractivity contribution in [3.8, 4) is 11.3 Å². The van der Waals surface area contributed by atoms with Gasteiger partial charge < -0.3 is 9.73 Å². The molecule has 1 aromatic heterocycles. The molecule has 1 fully saturated rings. The van der Waals surface area contributed by atoms with Crippen molar-refractivity contribution < 1.29 is 22.2 Å². The Morgan fingerprint density at radius 1 is 1.17 bits per heavy atom. The number of rotatable bonds is 3. The average Bonchev–Trinajstić information content (AvgIpc) is 3.06. The molecular weight excluding hydrogens is 358 g/mol. The zero-order valence-electron chi connectivity index (χ0n) is 11.3. The third-order valence-corrected chi connectivity index (χ3v) is 5.01. The van der Waals surface area contributed by atoms with Crippen LogP contribution in [-0.4, -0.2) is 23.2 Å². The Bertz CT molecular complexity index is 926. The molecule has 1 aromatic carbocycles. The second-order valence-electron chi connectivity index (χ2n) is 4.55. The molecule has 2 N–H and O–H groups in total. The maximum Gasteiger partial charge on any atom is 0.294 e. The Labute approximate surface area is 141 Å². The molecule has 0 radical (unpaired) electrons. The van der Waals surface area contributed by atoms with E-state index in [-0.39, 0.29) is 10.8 Å². The van der Waals surface area contributed by atoms with E-state index in [0.717, 1.165) is 11.8 Å². The van der Waals surface area contributed by atoms with Crippen molar-refractivity contribution in [1.29, 1.82) is 0 Å². The summed E-state index contributed by atoms with van der Waals surface area (Å²) in [4.78, 5) is 11.8. The first-order valence-corrected chi connectivity index (χ1v) is 8.92. The summed E-state index contributed by atoms with van der Waals surface area (Å²) in [5.74, 6) is 0.710. The van der Waals surface area contributed by atoms with Crippen LogP contribution in [0.1, 0.15) is 5.76 Å². The normalized spacial score (nSPS) is 16.8. The lowest BCUT2D eigenvalue weighted by molar-refractivity contribution is -0.115. The Balaban J connectivity index is 1.86. The minimum atomic E-state index is -4.22. The minimum Gasteiger partial charge on any atom is -0.457 e. The lowest BCUT2D eigenvalue weighted by atomic mass is 10.2. The fourth-order valence-corrected chi connectivity index (χ4v) is 3.43. The van der Waals surface area contributed by atoms with Crippen LogP contribution in [0.15, 0.2) is 50.6 Å². The van der Waals surface area contributed by atoms with Crippen molar-refractivity contribution in [2.75, 3.05) is 0 Å². The number of amides is 1. The fraction of sp³-hybridized carbons (Fsp3) is 0. The van der Waals surface area contributed by atoms with Gasteiger partial charge >= 0.3 is 0 Å². The summed E-state index contributed by atoms with van der Waals surface area (Å²) in [6, 6.07) is 8.99. The predicted molar refractivity (Wildman–Crippen MR) is 90.3 cm³/mol. The van der Waals surface area contributed by atoms with Crippen LogP contribution in [0.4, 0.5) is 0 Å². The van der Waals surface area contributed by atoms with Crippen molar-refractivity contribution in [3.05, 3.63) is 47.1 Å². The van der Waals surface area contributed by atoms with Gasteiger partial charge in [0.2, 0.25) is 0 Å². The molecule has 0 unspecified atom stereocenters. The average molecular weight is 367 g/mol. The quantitative estimate of drug-likeness (QED) is 0.489. The molecule has 2 aromatic rings. The largest absolute Gasteiger partial charge is 0.457 e. The first kappa shape index (κ1) is 15.9. The molecule has 3 rings (SSSR count). The Morgan fingerprint density at radius 3 is 2.43 bits per heavy atom. The lowest BCUT2D eigenvalue weighted by Crippen LogP contribution is -2.17. The number of benzene rings is 1. The maximum atomic E-state index is 11.6. The molecule has 6 nitrogen and oxygen atoms in total. The summed E-state index contributed by atoms with van der Waals surface area (Å²) >= 11 is 6.06. The van der Waals surface area contributed by atoms with Crippen molar-refractivity contribution in [3.63, 3.8) is 0 Å². The van der Waals surface area contributed by atoms with E-state index in [1.54, 1.807) is 18.2 Å². The van der Waals surface area contributed by atoms with Gasteiger partial charge in [0.05, 0.1) is 9.80 Å². The van der Waals surface area contributed by atoms with Gasteiger partial charge in [0.1, 0.15) is 15.8 Å². The van der Waals surface area contributed by atoms with Crippen LogP contribution >= 0.6 is 24.0 Å². The van der Waals surface area contributed by atoms with Crippen LogP contribution < -0.4 is 5.32 Å². The van der Waals surface area contributed by atoms with Crippen molar-refractivity contribution >= 4 is 50.4 Å². The Kier molecular flexibility index (Phi) is 4.11. The van der Waals surface area contributed by atoms with Gasteiger partial charge in [-0.05, 0) is 36.4 Å². The molecule has 1 aliphatic rings. The van der Waals surface area contributed by atoms with E-state index in [2.05, 4.69) is 5.32 Å². The van der Waals surface area contributed by atoms with Gasteiger partial charge in [0, 0.05) is 11.6 Å². The molecule has 23 heavy (non-hydrogen) atoms. The van der Waals surface area contributed by atoms with E-state index in [0.29, 0.717) is 26.3 Å². The van der Waals surface area contributed by atoms with Crippen LogP contribution in [0.3, 0.4) is 0 Å². The van der Waals surface area contributed by atoms with Crippen LogP contribution in [0.5, 0.6) is 0 Å².